The number of rotatable bonds is 3. The van der Waals surface area contributed by atoms with Crippen LogP contribution in [0.1, 0.15) is 17.3 Å². The van der Waals surface area contributed by atoms with Gasteiger partial charge in [0.1, 0.15) is 0 Å². The molecule has 1 amide bonds. The van der Waals surface area contributed by atoms with E-state index in [9.17, 15) is 9.59 Å². The second-order valence-electron chi connectivity index (χ2n) is 4.92. The molecule has 0 saturated carbocycles. The van der Waals surface area contributed by atoms with Gasteiger partial charge in [0.25, 0.3) is 0 Å². The number of carbonyl (C=O) groups is 2. The van der Waals surface area contributed by atoms with Crippen LogP contribution in [-0.2, 0) is 9.53 Å². The van der Waals surface area contributed by atoms with Crippen LogP contribution in [0.25, 0.3) is 0 Å². The first-order valence-electron chi connectivity index (χ1n) is 6.42. The third-order valence-electron chi connectivity index (χ3n) is 3.49. The lowest BCUT2D eigenvalue weighted by Crippen LogP contribution is -2.27. The van der Waals surface area contributed by atoms with Gasteiger partial charge in [0.15, 0.2) is 0 Å². The Morgan fingerprint density at radius 2 is 2.15 bits per heavy atom. The van der Waals surface area contributed by atoms with Crippen molar-refractivity contribution >= 4 is 29.2 Å². The van der Waals surface area contributed by atoms with Crippen LogP contribution in [0.4, 0.5) is 5.69 Å². The molecule has 2 N–H and O–H groups in total. The van der Waals surface area contributed by atoms with Gasteiger partial charge < -0.3 is 15.4 Å². The second kappa shape index (κ2) is 6.24. The molecule has 0 aliphatic carbocycles. The fourth-order valence-electron chi connectivity index (χ4n) is 2.27. The summed E-state index contributed by atoms with van der Waals surface area (Å²) in [6.45, 7) is 3.54. The van der Waals surface area contributed by atoms with Crippen LogP contribution in [0, 0.1) is 11.8 Å². The van der Waals surface area contributed by atoms with E-state index < -0.39 is 5.97 Å². The number of benzene rings is 1. The van der Waals surface area contributed by atoms with Crippen LogP contribution in [0.5, 0.6) is 0 Å². The summed E-state index contributed by atoms with van der Waals surface area (Å²) in [6.07, 6.45) is 0. The first-order chi connectivity index (χ1) is 9.52. The van der Waals surface area contributed by atoms with Gasteiger partial charge in [-0.05, 0) is 30.7 Å². The monoisotopic (exact) mass is 296 g/mol. The van der Waals surface area contributed by atoms with Gasteiger partial charge in [-0.15, -0.1) is 0 Å². The summed E-state index contributed by atoms with van der Waals surface area (Å²) in [4.78, 5) is 23.7. The Labute approximate surface area is 122 Å². The standard InChI is InChI=1S/C14H17ClN2O3/c1-8-6-16-7-11(8)13(18)17-9-3-4-12(15)10(5-9)14(19)20-2/h3-5,8,11,16H,6-7H2,1-2H3,(H,17,18). The van der Waals surface area contributed by atoms with Crippen molar-refractivity contribution in [3.8, 4) is 0 Å². The van der Waals surface area contributed by atoms with Crippen molar-refractivity contribution in [2.45, 2.75) is 6.92 Å². The SMILES string of the molecule is COC(=O)c1cc(NC(=O)C2CNCC2C)ccc1Cl. The van der Waals surface area contributed by atoms with Crippen molar-refractivity contribution in [3.63, 3.8) is 0 Å². The predicted octanol–water partition coefficient (Wildman–Crippen LogP) is 1.92. The van der Waals surface area contributed by atoms with E-state index in [4.69, 9.17) is 11.6 Å². The Morgan fingerprint density at radius 3 is 2.75 bits per heavy atom. The average molecular weight is 297 g/mol. The van der Waals surface area contributed by atoms with E-state index in [1.807, 2.05) is 6.92 Å². The van der Waals surface area contributed by atoms with Crippen molar-refractivity contribution in [1.29, 1.82) is 0 Å². The molecule has 108 valence electrons. The molecule has 1 aromatic rings. The number of ether oxygens (including phenoxy) is 1. The van der Waals surface area contributed by atoms with Gasteiger partial charge in [0.05, 0.1) is 23.6 Å². The molecule has 5 nitrogen and oxygen atoms in total. The topological polar surface area (TPSA) is 67.4 Å². The van der Waals surface area contributed by atoms with Crippen LogP contribution in [-0.4, -0.2) is 32.1 Å². The Bertz CT molecular complexity index is 533. The molecule has 2 unspecified atom stereocenters. The highest BCUT2D eigenvalue weighted by Gasteiger charge is 2.29. The maximum absolute atomic E-state index is 12.2. The zero-order valence-corrected chi connectivity index (χ0v) is 12.2. The van der Waals surface area contributed by atoms with Crippen molar-refractivity contribution in [2.75, 3.05) is 25.5 Å². The number of carbonyl (C=O) groups excluding carboxylic acids is 2. The van der Waals surface area contributed by atoms with E-state index in [1.54, 1.807) is 12.1 Å². The molecular formula is C14H17ClN2O3. The Morgan fingerprint density at radius 1 is 1.40 bits per heavy atom. The highest BCUT2D eigenvalue weighted by atomic mass is 35.5. The van der Waals surface area contributed by atoms with E-state index in [-0.39, 0.29) is 17.4 Å². The number of halogens is 1. The molecule has 0 spiro atoms. The summed E-state index contributed by atoms with van der Waals surface area (Å²) in [7, 11) is 1.29. The van der Waals surface area contributed by atoms with E-state index in [2.05, 4.69) is 15.4 Å². The highest BCUT2D eigenvalue weighted by Crippen LogP contribution is 2.23. The van der Waals surface area contributed by atoms with Crippen molar-refractivity contribution < 1.29 is 14.3 Å². The molecule has 1 saturated heterocycles. The fraction of sp³-hybridized carbons (Fsp3) is 0.429. The van der Waals surface area contributed by atoms with Crippen molar-refractivity contribution in [3.05, 3.63) is 28.8 Å². The summed E-state index contributed by atoms with van der Waals surface area (Å²) in [6, 6.07) is 4.76. The van der Waals surface area contributed by atoms with Crippen LogP contribution < -0.4 is 10.6 Å². The molecule has 1 aliphatic rings. The summed E-state index contributed by atoms with van der Waals surface area (Å²) in [5, 5.41) is 6.29. The first kappa shape index (κ1) is 14.8. The lowest BCUT2D eigenvalue weighted by Gasteiger charge is -2.14. The smallest absolute Gasteiger partial charge is 0.339 e. The predicted molar refractivity (Wildman–Crippen MR) is 76.9 cm³/mol. The Kier molecular flexibility index (Phi) is 4.62. The average Bonchev–Trinajstić information content (AvgIpc) is 2.86. The van der Waals surface area contributed by atoms with Crippen LogP contribution in [0.2, 0.25) is 5.02 Å². The Balaban J connectivity index is 2.13. The maximum Gasteiger partial charge on any atom is 0.339 e. The molecule has 1 aliphatic heterocycles. The zero-order chi connectivity index (χ0) is 14.7. The zero-order valence-electron chi connectivity index (χ0n) is 11.4. The van der Waals surface area contributed by atoms with Crippen molar-refractivity contribution in [2.24, 2.45) is 11.8 Å². The summed E-state index contributed by atoms with van der Waals surface area (Å²) >= 11 is 5.93. The van der Waals surface area contributed by atoms with E-state index in [1.165, 1.54) is 13.2 Å². The molecular weight excluding hydrogens is 280 g/mol. The lowest BCUT2D eigenvalue weighted by atomic mass is 9.97. The minimum Gasteiger partial charge on any atom is -0.465 e. The number of amides is 1. The van der Waals surface area contributed by atoms with Crippen molar-refractivity contribution in [1.82, 2.24) is 5.32 Å². The highest BCUT2D eigenvalue weighted by molar-refractivity contribution is 6.33. The summed E-state index contributed by atoms with van der Waals surface area (Å²) < 4.78 is 4.65. The normalized spacial score (nSPS) is 21.6. The van der Waals surface area contributed by atoms with Gasteiger partial charge in [-0.25, -0.2) is 4.79 Å². The first-order valence-corrected chi connectivity index (χ1v) is 6.80. The number of hydrogen-bond acceptors (Lipinski definition) is 4. The Hall–Kier alpha value is -1.59. The molecule has 2 rings (SSSR count). The van der Waals surface area contributed by atoms with E-state index >= 15 is 0 Å². The number of anilines is 1. The van der Waals surface area contributed by atoms with Gasteiger partial charge in [0.2, 0.25) is 5.91 Å². The molecule has 0 bridgehead atoms. The van der Waals surface area contributed by atoms with Crippen LogP contribution in [0.3, 0.4) is 0 Å². The molecule has 6 heteroatoms. The third kappa shape index (κ3) is 3.11. The minimum absolute atomic E-state index is 0.0550. The third-order valence-corrected chi connectivity index (χ3v) is 3.82. The quantitative estimate of drug-likeness (QED) is 0.836. The van der Waals surface area contributed by atoms with Gasteiger partial charge in [-0.3, -0.25) is 4.79 Å². The number of esters is 1. The summed E-state index contributed by atoms with van der Waals surface area (Å²) in [5.74, 6) is -0.350. The van der Waals surface area contributed by atoms with Gasteiger partial charge >= 0.3 is 5.97 Å². The van der Waals surface area contributed by atoms with Crippen LogP contribution in [0.15, 0.2) is 18.2 Å². The maximum atomic E-state index is 12.2. The minimum atomic E-state index is -0.526. The molecule has 1 heterocycles. The van der Waals surface area contributed by atoms with E-state index in [0.29, 0.717) is 23.2 Å². The largest absolute Gasteiger partial charge is 0.465 e. The summed E-state index contributed by atoms with van der Waals surface area (Å²) in [5.41, 5.74) is 0.781. The van der Waals surface area contributed by atoms with Gasteiger partial charge in [-0.1, -0.05) is 18.5 Å². The lowest BCUT2D eigenvalue weighted by molar-refractivity contribution is -0.120. The molecule has 2 atom stereocenters. The molecule has 0 radical (unpaired) electrons. The fourth-order valence-corrected chi connectivity index (χ4v) is 2.46. The van der Waals surface area contributed by atoms with Gasteiger partial charge in [0, 0.05) is 12.2 Å². The molecule has 1 fully saturated rings. The molecule has 1 aromatic carbocycles. The molecule has 0 aromatic heterocycles. The number of hydrogen-bond donors (Lipinski definition) is 2. The number of methoxy groups -OCH3 is 1. The number of nitrogens with one attached hydrogen (secondary N) is 2. The van der Waals surface area contributed by atoms with Gasteiger partial charge in [-0.2, -0.15) is 0 Å². The second-order valence-corrected chi connectivity index (χ2v) is 5.32. The van der Waals surface area contributed by atoms with Crippen LogP contribution >= 0.6 is 11.6 Å². The molecule has 20 heavy (non-hydrogen) atoms. The van der Waals surface area contributed by atoms with E-state index in [0.717, 1.165) is 6.54 Å².